The van der Waals surface area contributed by atoms with E-state index in [0.29, 0.717) is 19.1 Å². The number of ether oxygens (including phenoxy) is 2. The van der Waals surface area contributed by atoms with Gasteiger partial charge in [0.25, 0.3) is 0 Å². The zero-order valence-corrected chi connectivity index (χ0v) is 9.67. The van der Waals surface area contributed by atoms with Gasteiger partial charge in [0.2, 0.25) is 0 Å². The molecule has 0 aromatic heterocycles. The molecular formula is C13H18O2. The molecule has 0 amide bonds. The number of hydrogen-bond donors (Lipinski definition) is 0. The molecule has 0 radical (unpaired) electrons. The van der Waals surface area contributed by atoms with Crippen molar-refractivity contribution in [3.05, 3.63) is 23.3 Å². The quantitative estimate of drug-likeness (QED) is 0.740. The van der Waals surface area contributed by atoms with Crippen LogP contribution in [0.15, 0.2) is 12.1 Å². The smallest absolute Gasteiger partial charge is 0.164 e. The monoisotopic (exact) mass is 206 g/mol. The van der Waals surface area contributed by atoms with Crippen molar-refractivity contribution in [3.8, 4) is 11.5 Å². The zero-order valence-electron chi connectivity index (χ0n) is 9.67. The summed E-state index contributed by atoms with van der Waals surface area (Å²) in [7, 11) is 0. The molecule has 82 valence electrons. The Hall–Kier alpha value is -1.18. The van der Waals surface area contributed by atoms with Crippen molar-refractivity contribution in [2.75, 3.05) is 13.2 Å². The van der Waals surface area contributed by atoms with E-state index in [-0.39, 0.29) is 0 Å². The Morgan fingerprint density at radius 3 is 2.67 bits per heavy atom. The van der Waals surface area contributed by atoms with Gasteiger partial charge in [-0.15, -0.1) is 0 Å². The van der Waals surface area contributed by atoms with Crippen LogP contribution >= 0.6 is 0 Å². The lowest BCUT2D eigenvalue weighted by molar-refractivity contribution is 0.170. The second-order valence-corrected chi connectivity index (χ2v) is 4.47. The van der Waals surface area contributed by atoms with Crippen LogP contribution in [-0.4, -0.2) is 13.2 Å². The maximum atomic E-state index is 5.65. The average Bonchev–Trinajstić information content (AvgIpc) is 2.22. The summed E-state index contributed by atoms with van der Waals surface area (Å²) in [6.07, 6.45) is 1.10. The summed E-state index contributed by atoms with van der Waals surface area (Å²) in [4.78, 5) is 0. The molecule has 0 saturated carbocycles. The molecule has 0 bridgehead atoms. The van der Waals surface area contributed by atoms with Crippen LogP contribution in [0.4, 0.5) is 0 Å². The Kier molecular flexibility index (Phi) is 2.85. The highest BCUT2D eigenvalue weighted by Crippen LogP contribution is 2.35. The molecule has 0 unspecified atom stereocenters. The first kappa shape index (κ1) is 10.3. The molecule has 2 nitrogen and oxygen atoms in total. The van der Waals surface area contributed by atoms with E-state index < -0.39 is 0 Å². The maximum absolute atomic E-state index is 5.65. The van der Waals surface area contributed by atoms with Crippen LogP contribution in [0.25, 0.3) is 0 Å². The molecule has 0 spiro atoms. The van der Waals surface area contributed by atoms with Crippen molar-refractivity contribution < 1.29 is 9.47 Å². The van der Waals surface area contributed by atoms with Gasteiger partial charge in [-0.2, -0.15) is 0 Å². The normalized spacial score (nSPS) is 14.4. The Bertz CT molecular complexity index is 356. The summed E-state index contributed by atoms with van der Waals surface area (Å²) < 4.78 is 11.2. The second kappa shape index (κ2) is 4.13. The van der Waals surface area contributed by atoms with Crippen molar-refractivity contribution in [1.29, 1.82) is 0 Å². The fourth-order valence-corrected chi connectivity index (χ4v) is 1.96. The summed E-state index contributed by atoms with van der Waals surface area (Å²) in [6, 6.07) is 4.18. The van der Waals surface area contributed by atoms with Crippen LogP contribution in [0.2, 0.25) is 0 Å². The van der Waals surface area contributed by atoms with Crippen molar-refractivity contribution in [3.63, 3.8) is 0 Å². The SMILES string of the molecule is Cc1c(CC(C)C)ccc2c1OCCO2. The standard InChI is InChI=1S/C13H18O2/c1-9(2)8-11-4-5-12-13(10(11)3)15-7-6-14-12/h4-5,9H,6-8H2,1-3H3. The van der Waals surface area contributed by atoms with E-state index in [1.165, 1.54) is 11.1 Å². The summed E-state index contributed by atoms with van der Waals surface area (Å²) in [6.45, 7) is 7.91. The van der Waals surface area contributed by atoms with Gasteiger partial charge in [-0.3, -0.25) is 0 Å². The first-order valence-corrected chi connectivity index (χ1v) is 5.56. The topological polar surface area (TPSA) is 18.5 Å². The molecule has 1 aliphatic rings. The van der Waals surface area contributed by atoms with Crippen molar-refractivity contribution >= 4 is 0 Å². The lowest BCUT2D eigenvalue weighted by atomic mass is 9.97. The number of hydrogen-bond acceptors (Lipinski definition) is 2. The average molecular weight is 206 g/mol. The predicted molar refractivity (Wildman–Crippen MR) is 60.7 cm³/mol. The minimum absolute atomic E-state index is 0.663. The van der Waals surface area contributed by atoms with E-state index in [0.717, 1.165) is 17.9 Å². The molecule has 0 saturated heterocycles. The Morgan fingerprint density at radius 2 is 1.93 bits per heavy atom. The van der Waals surface area contributed by atoms with Crippen LogP contribution in [-0.2, 0) is 6.42 Å². The fraction of sp³-hybridized carbons (Fsp3) is 0.538. The van der Waals surface area contributed by atoms with Crippen molar-refractivity contribution in [2.45, 2.75) is 27.2 Å². The van der Waals surface area contributed by atoms with Crippen LogP contribution in [0, 0.1) is 12.8 Å². The zero-order chi connectivity index (χ0) is 10.8. The molecule has 2 rings (SSSR count). The molecule has 1 aromatic rings. The van der Waals surface area contributed by atoms with Gasteiger partial charge < -0.3 is 9.47 Å². The van der Waals surface area contributed by atoms with Gasteiger partial charge in [0.15, 0.2) is 11.5 Å². The summed E-state index contributed by atoms with van der Waals surface area (Å²) in [5.41, 5.74) is 2.61. The van der Waals surface area contributed by atoms with Gasteiger partial charge in [-0.25, -0.2) is 0 Å². The minimum atomic E-state index is 0.663. The molecule has 2 heteroatoms. The lowest BCUT2D eigenvalue weighted by Crippen LogP contribution is -2.16. The molecule has 1 aliphatic heterocycles. The van der Waals surface area contributed by atoms with Crippen LogP contribution in [0.3, 0.4) is 0 Å². The van der Waals surface area contributed by atoms with Gasteiger partial charge >= 0.3 is 0 Å². The fourth-order valence-electron chi connectivity index (χ4n) is 1.96. The lowest BCUT2D eigenvalue weighted by Gasteiger charge is -2.22. The van der Waals surface area contributed by atoms with Crippen LogP contribution in [0.5, 0.6) is 11.5 Å². The van der Waals surface area contributed by atoms with Crippen LogP contribution < -0.4 is 9.47 Å². The third kappa shape index (κ3) is 2.09. The van der Waals surface area contributed by atoms with E-state index in [1.54, 1.807) is 0 Å². The highest BCUT2D eigenvalue weighted by atomic mass is 16.6. The number of rotatable bonds is 2. The van der Waals surface area contributed by atoms with E-state index in [2.05, 4.69) is 26.8 Å². The highest BCUT2D eigenvalue weighted by Gasteiger charge is 2.16. The predicted octanol–water partition coefficient (Wildman–Crippen LogP) is 2.96. The highest BCUT2D eigenvalue weighted by molar-refractivity contribution is 5.50. The first-order chi connectivity index (χ1) is 7.18. The van der Waals surface area contributed by atoms with E-state index in [1.807, 2.05) is 6.07 Å². The maximum Gasteiger partial charge on any atom is 0.164 e. The molecule has 0 aliphatic carbocycles. The molecule has 15 heavy (non-hydrogen) atoms. The minimum Gasteiger partial charge on any atom is -0.486 e. The Morgan fingerprint density at radius 1 is 1.20 bits per heavy atom. The molecular weight excluding hydrogens is 188 g/mol. The van der Waals surface area contributed by atoms with E-state index in [4.69, 9.17) is 9.47 Å². The van der Waals surface area contributed by atoms with Crippen LogP contribution in [0.1, 0.15) is 25.0 Å². The summed E-state index contributed by atoms with van der Waals surface area (Å²) >= 11 is 0. The van der Waals surface area contributed by atoms with E-state index >= 15 is 0 Å². The Balaban J connectivity index is 2.34. The van der Waals surface area contributed by atoms with Gasteiger partial charge in [0.05, 0.1) is 0 Å². The Labute approximate surface area is 91.2 Å². The third-order valence-electron chi connectivity index (χ3n) is 2.70. The largest absolute Gasteiger partial charge is 0.486 e. The summed E-state index contributed by atoms with van der Waals surface area (Å²) in [5, 5.41) is 0. The van der Waals surface area contributed by atoms with Gasteiger partial charge in [-0.05, 0) is 36.5 Å². The molecule has 0 fully saturated rings. The molecule has 1 aromatic carbocycles. The molecule has 0 N–H and O–H groups in total. The van der Waals surface area contributed by atoms with Gasteiger partial charge in [0, 0.05) is 0 Å². The van der Waals surface area contributed by atoms with Crippen molar-refractivity contribution in [1.82, 2.24) is 0 Å². The van der Waals surface area contributed by atoms with E-state index in [9.17, 15) is 0 Å². The third-order valence-corrected chi connectivity index (χ3v) is 2.70. The van der Waals surface area contributed by atoms with Gasteiger partial charge in [-0.1, -0.05) is 19.9 Å². The summed E-state index contributed by atoms with van der Waals surface area (Å²) in [5.74, 6) is 2.51. The number of fused-ring (bicyclic) bond motifs is 1. The first-order valence-electron chi connectivity index (χ1n) is 5.56. The second-order valence-electron chi connectivity index (χ2n) is 4.47. The van der Waals surface area contributed by atoms with Crippen molar-refractivity contribution in [2.24, 2.45) is 5.92 Å². The molecule has 0 atom stereocenters. The molecule has 1 heterocycles. The van der Waals surface area contributed by atoms with Gasteiger partial charge in [0.1, 0.15) is 13.2 Å². The number of benzene rings is 1.